The molecule has 0 unspecified atom stereocenters. The molecule has 0 bridgehead atoms. The average molecular weight is 455 g/mol. The maximum atomic E-state index is 13.5. The first-order valence-corrected chi connectivity index (χ1v) is 11.3. The lowest BCUT2D eigenvalue weighted by Crippen LogP contribution is -2.33. The molecule has 0 radical (unpaired) electrons. The quantitative estimate of drug-likeness (QED) is 0.492. The lowest BCUT2D eigenvalue weighted by atomic mass is 9.98. The van der Waals surface area contributed by atoms with Gasteiger partial charge in [0.2, 0.25) is 5.76 Å². The van der Waals surface area contributed by atoms with E-state index in [9.17, 15) is 9.59 Å². The van der Waals surface area contributed by atoms with E-state index in [2.05, 4.69) is 18.7 Å². The van der Waals surface area contributed by atoms with Crippen LogP contribution in [0.4, 0.5) is 0 Å². The lowest BCUT2D eigenvalue weighted by molar-refractivity contribution is 0.0720. The van der Waals surface area contributed by atoms with Crippen LogP contribution < -0.4 is 10.2 Å². The van der Waals surface area contributed by atoms with Crippen LogP contribution in [0.5, 0.6) is 5.75 Å². The first-order valence-electron chi connectivity index (χ1n) is 10.9. The van der Waals surface area contributed by atoms with Gasteiger partial charge in [-0.1, -0.05) is 37.6 Å². The Bertz CT molecular complexity index is 1200. The van der Waals surface area contributed by atoms with Gasteiger partial charge in [-0.3, -0.25) is 9.59 Å². The molecule has 168 valence electrons. The van der Waals surface area contributed by atoms with E-state index in [0.717, 1.165) is 31.6 Å². The third-order valence-corrected chi connectivity index (χ3v) is 6.34. The second-order valence-corrected chi connectivity index (χ2v) is 8.31. The van der Waals surface area contributed by atoms with Crippen LogP contribution in [0.2, 0.25) is 5.02 Å². The number of hydrogen-bond donors (Lipinski definition) is 0. The van der Waals surface area contributed by atoms with Crippen molar-refractivity contribution >= 4 is 28.5 Å². The van der Waals surface area contributed by atoms with E-state index in [1.54, 1.807) is 30.2 Å². The van der Waals surface area contributed by atoms with Crippen molar-refractivity contribution in [1.82, 2.24) is 9.80 Å². The van der Waals surface area contributed by atoms with Crippen molar-refractivity contribution < 1.29 is 13.9 Å². The molecule has 3 aromatic rings. The van der Waals surface area contributed by atoms with E-state index in [4.69, 9.17) is 20.8 Å². The maximum absolute atomic E-state index is 13.5. The van der Waals surface area contributed by atoms with Crippen LogP contribution in [0.25, 0.3) is 11.0 Å². The van der Waals surface area contributed by atoms with Crippen LogP contribution in [0.3, 0.4) is 0 Å². The zero-order chi connectivity index (χ0) is 22.8. The van der Waals surface area contributed by atoms with Gasteiger partial charge in [-0.15, -0.1) is 0 Å². The minimum Gasteiger partial charge on any atom is -0.497 e. The standard InChI is InChI=1S/C25H27ClN2O4/c1-4-27(5-2)12-7-13-28-22(16-8-6-9-18(14-16)31-3)21-23(29)19-15-17(26)10-11-20(19)32-24(21)25(28)30/h6,8-11,14-15,22H,4-5,7,12-13H2,1-3H3/t22-/m0/s1. The van der Waals surface area contributed by atoms with Gasteiger partial charge in [0, 0.05) is 11.6 Å². The van der Waals surface area contributed by atoms with E-state index < -0.39 is 6.04 Å². The van der Waals surface area contributed by atoms with Crippen molar-refractivity contribution in [1.29, 1.82) is 0 Å². The van der Waals surface area contributed by atoms with Gasteiger partial charge in [0.05, 0.1) is 24.1 Å². The molecule has 2 heterocycles. The minimum atomic E-state index is -0.538. The molecular formula is C25H27ClN2O4. The number of amides is 1. The minimum absolute atomic E-state index is 0.112. The van der Waals surface area contributed by atoms with Crippen LogP contribution in [0.15, 0.2) is 51.7 Å². The van der Waals surface area contributed by atoms with Crippen molar-refractivity contribution in [2.75, 3.05) is 33.3 Å². The Morgan fingerprint density at radius 2 is 1.91 bits per heavy atom. The van der Waals surface area contributed by atoms with Crippen molar-refractivity contribution in [3.8, 4) is 5.75 Å². The average Bonchev–Trinajstić information content (AvgIpc) is 3.09. The summed E-state index contributed by atoms with van der Waals surface area (Å²) in [7, 11) is 1.60. The number of methoxy groups -OCH3 is 1. The number of benzene rings is 2. The molecule has 2 aromatic carbocycles. The Kier molecular flexibility index (Phi) is 6.53. The van der Waals surface area contributed by atoms with E-state index in [1.165, 1.54) is 0 Å². The van der Waals surface area contributed by atoms with Gasteiger partial charge in [-0.05, 0) is 62.0 Å². The smallest absolute Gasteiger partial charge is 0.290 e. The third-order valence-electron chi connectivity index (χ3n) is 6.11. The zero-order valence-corrected chi connectivity index (χ0v) is 19.3. The topological polar surface area (TPSA) is 63.0 Å². The highest BCUT2D eigenvalue weighted by Crippen LogP contribution is 2.39. The van der Waals surface area contributed by atoms with Crippen molar-refractivity contribution in [2.45, 2.75) is 26.3 Å². The molecule has 6 nitrogen and oxygen atoms in total. The van der Waals surface area contributed by atoms with Crippen LogP contribution >= 0.6 is 11.6 Å². The molecule has 1 amide bonds. The fraction of sp³-hybridized carbons (Fsp3) is 0.360. The normalized spacial score (nSPS) is 15.6. The molecule has 1 aromatic heterocycles. The summed E-state index contributed by atoms with van der Waals surface area (Å²) in [6.07, 6.45) is 0.793. The number of ether oxygens (including phenoxy) is 1. The summed E-state index contributed by atoms with van der Waals surface area (Å²) in [4.78, 5) is 31.0. The predicted molar refractivity (Wildman–Crippen MR) is 126 cm³/mol. The summed E-state index contributed by atoms with van der Waals surface area (Å²) in [5, 5.41) is 0.824. The molecule has 32 heavy (non-hydrogen) atoms. The summed E-state index contributed by atoms with van der Waals surface area (Å²) in [5.41, 5.74) is 1.31. The van der Waals surface area contributed by atoms with Crippen molar-refractivity contribution in [3.63, 3.8) is 0 Å². The maximum Gasteiger partial charge on any atom is 0.290 e. The number of rotatable bonds is 8. The van der Waals surface area contributed by atoms with Gasteiger partial charge in [-0.25, -0.2) is 0 Å². The van der Waals surface area contributed by atoms with Gasteiger partial charge >= 0.3 is 0 Å². The van der Waals surface area contributed by atoms with Gasteiger partial charge < -0.3 is 19.0 Å². The molecule has 1 aliphatic rings. The second kappa shape index (κ2) is 9.35. The number of fused-ring (bicyclic) bond motifs is 2. The van der Waals surface area contributed by atoms with Crippen LogP contribution in [-0.4, -0.2) is 49.0 Å². The predicted octanol–water partition coefficient (Wildman–Crippen LogP) is 4.73. The highest BCUT2D eigenvalue weighted by atomic mass is 35.5. The summed E-state index contributed by atoms with van der Waals surface area (Å²) in [6, 6.07) is 11.8. The first-order chi connectivity index (χ1) is 15.5. The summed E-state index contributed by atoms with van der Waals surface area (Å²) in [6.45, 7) is 7.54. The number of nitrogens with zero attached hydrogens (tertiary/aromatic N) is 2. The number of halogens is 1. The van der Waals surface area contributed by atoms with Crippen LogP contribution in [-0.2, 0) is 0 Å². The largest absolute Gasteiger partial charge is 0.497 e. The molecule has 0 spiro atoms. The number of hydrogen-bond acceptors (Lipinski definition) is 5. The van der Waals surface area contributed by atoms with E-state index in [1.807, 2.05) is 24.3 Å². The summed E-state index contributed by atoms with van der Waals surface area (Å²) < 4.78 is 11.4. The van der Waals surface area contributed by atoms with Gasteiger partial charge in [0.1, 0.15) is 11.3 Å². The molecule has 1 atom stereocenters. The summed E-state index contributed by atoms with van der Waals surface area (Å²) in [5.74, 6) is 0.515. The van der Waals surface area contributed by atoms with Crippen molar-refractivity contribution in [3.05, 3.63) is 74.6 Å². The van der Waals surface area contributed by atoms with Crippen LogP contribution in [0, 0.1) is 0 Å². The fourth-order valence-corrected chi connectivity index (χ4v) is 4.56. The molecular weight excluding hydrogens is 428 g/mol. The van der Waals surface area contributed by atoms with Crippen LogP contribution in [0.1, 0.15) is 48.0 Å². The van der Waals surface area contributed by atoms with E-state index >= 15 is 0 Å². The monoisotopic (exact) mass is 454 g/mol. The molecule has 7 heteroatoms. The van der Waals surface area contributed by atoms with Gasteiger partial charge in [0.25, 0.3) is 5.91 Å². The molecule has 0 aliphatic carbocycles. The second-order valence-electron chi connectivity index (χ2n) is 7.87. The van der Waals surface area contributed by atoms with E-state index in [0.29, 0.717) is 33.8 Å². The lowest BCUT2D eigenvalue weighted by Gasteiger charge is -2.27. The highest BCUT2D eigenvalue weighted by molar-refractivity contribution is 6.31. The molecule has 4 rings (SSSR count). The molecule has 1 aliphatic heterocycles. The Morgan fingerprint density at radius 1 is 1.12 bits per heavy atom. The molecule has 0 N–H and O–H groups in total. The molecule has 0 saturated carbocycles. The SMILES string of the molecule is CCN(CC)CCCN1C(=O)c2oc3ccc(Cl)cc3c(=O)c2[C@@H]1c1cccc(OC)c1. The van der Waals surface area contributed by atoms with Gasteiger partial charge in [0.15, 0.2) is 5.43 Å². The third kappa shape index (κ3) is 4.00. The molecule has 0 fully saturated rings. The molecule has 0 saturated heterocycles. The Balaban J connectivity index is 1.82. The Morgan fingerprint density at radius 3 is 2.62 bits per heavy atom. The Hall–Kier alpha value is -2.83. The Labute approximate surface area is 192 Å². The van der Waals surface area contributed by atoms with Gasteiger partial charge in [-0.2, -0.15) is 0 Å². The number of carbonyl (C=O) groups is 1. The van der Waals surface area contributed by atoms with E-state index in [-0.39, 0.29) is 17.1 Å². The number of carbonyl (C=O) groups excluding carboxylic acids is 1. The first kappa shape index (κ1) is 22.4. The summed E-state index contributed by atoms with van der Waals surface area (Å²) >= 11 is 6.14. The fourth-order valence-electron chi connectivity index (χ4n) is 4.39. The van der Waals surface area contributed by atoms with Crippen molar-refractivity contribution in [2.24, 2.45) is 0 Å². The highest BCUT2D eigenvalue weighted by Gasteiger charge is 2.42. The zero-order valence-electron chi connectivity index (χ0n) is 18.6.